The number of rotatable bonds is 12. The second-order valence-corrected chi connectivity index (χ2v) is 8.86. The van der Waals surface area contributed by atoms with Gasteiger partial charge in [0, 0.05) is 31.9 Å². The number of oxime groups is 1. The van der Waals surface area contributed by atoms with Gasteiger partial charge in [-0.25, -0.2) is 4.79 Å². The molecule has 2 saturated heterocycles. The van der Waals surface area contributed by atoms with Gasteiger partial charge in [0.15, 0.2) is 0 Å². The molecule has 0 saturated carbocycles. The lowest BCUT2D eigenvalue weighted by atomic mass is 9.99. The average molecular weight is 507 g/mol. The van der Waals surface area contributed by atoms with Gasteiger partial charge in [0.25, 0.3) is 0 Å². The minimum absolute atomic E-state index is 0.0170. The third kappa shape index (κ3) is 6.99. The maximum absolute atomic E-state index is 13.0. The highest BCUT2D eigenvalue weighted by Crippen LogP contribution is 2.37. The molecule has 3 rings (SSSR count). The van der Waals surface area contributed by atoms with Gasteiger partial charge in [0.1, 0.15) is 35.9 Å². The zero-order valence-corrected chi connectivity index (χ0v) is 20.7. The zero-order valence-electron chi connectivity index (χ0n) is 19.9. The Bertz CT molecular complexity index is 1020. The van der Waals surface area contributed by atoms with Crippen molar-refractivity contribution in [2.24, 2.45) is 5.16 Å². The summed E-state index contributed by atoms with van der Waals surface area (Å²) in [5, 5.41) is 24.6. The highest BCUT2D eigenvalue weighted by Gasteiger charge is 2.38. The van der Waals surface area contributed by atoms with Crippen LogP contribution in [-0.2, 0) is 25.5 Å². The van der Waals surface area contributed by atoms with Gasteiger partial charge in [-0.05, 0) is 31.9 Å². The molecule has 10 heteroatoms. The summed E-state index contributed by atoms with van der Waals surface area (Å²) in [7, 11) is 0. The van der Waals surface area contributed by atoms with Gasteiger partial charge in [0.05, 0.1) is 23.4 Å². The number of nitrogens with zero attached hydrogens (tertiary/aromatic N) is 2. The molecule has 0 aromatic heterocycles. The molecule has 0 radical (unpaired) electrons. The predicted molar refractivity (Wildman–Crippen MR) is 131 cm³/mol. The zero-order chi connectivity index (χ0) is 25.5. The van der Waals surface area contributed by atoms with Crippen molar-refractivity contribution in [1.29, 1.82) is 0 Å². The number of carbonyl (C=O) groups is 2. The van der Waals surface area contributed by atoms with E-state index in [1.165, 1.54) is 0 Å². The number of ether oxygens (including phenoxy) is 2. The van der Waals surface area contributed by atoms with Crippen LogP contribution in [0.5, 0.6) is 11.5 Å². The molecule has 0 spiro atoms. The summed E-state index contributed by atoms with van der Waals surface area (Å²) in [6, 6.07) is 1.00. The van der Waals surface area contributed by atoms with Crippen molar-refractivity contribution in [3.63, 3.8) is 0 Å². The first-order valence-corrected chi connectivity index (χ1v) is 11.9. The van der Waals surface area contributed by atoms with E-state index in [-0.39, 0.29) is 53.0 Å². The Morgan fingerprint density at radius 1 is 1.43 bits per heavy atom. The maximum atomic E-state index is 13.0. The number of hydrogen-bond donors (Lipinski definition) is 2. The largest absolute Gasteiger partial charge is 0.507 e. The number of epoxide rings is 1. The number of allylic oxidation sites excluding steroid dienone is 2. The lowest BCUT2D eigenvalue weighted by molar-refractivity contribution is -0.128. The van der Waals surface area contributed by atoms with Crippen molar-refractivity contribution < 1.29 is 34.1 Å². The summed E-state index contributed by atoms with van der Waals surface area (Å²) >= 11 is 6.33. The van der Waals surface area contributed by atoms with E-state index < -0.39 is 17.8 Å². The van der Waals surface area contributed by atoms with Crippen LogP contribution in [0.2, 0.25) is 5.02 Å². The summed E-state index contributed by atoms with van der Waals surface area (Å²) in [5.41, 5.74) is 0.397. The topological polar surface area (TPSA) is 121 Å². The number of halogens is 1. The Balaban J connectivity index is 1.73. The van der Waals surface area contributed by atoms with Crippen molar-refractivity contribution in [2.75, 3.05) is 19.7 Å². The SMILES string of the molecule is C=C[C@H]1O[C@@H]1C[C@@H](C)OC(=O)c1c(O)cc(O)c(Cl)c1CC(/C=C/C)=N\OCCN1CCCC1=O. The molecule has 2 aliphatic rings. The molecule has 0 unspecified atom stereocenters. The molecule has 2 aliphatic heterocycles. The second-order valence-electron chi connectivity index (χ2n) is 8.49. The lowest BCUT2D eigenvalue weighted by Crippen LogP contribution is -2.28. The molecule has 1 amide bonds. The molecule has 1 aromatic carbocycles. The minimum atomic E-state index is -0.781. The lowest BCUT2D eigenvalue weighted by Gasteiger charge is -2.17. The first kappa shape index (κ1) is 26.6. The Kier molecular flexibility index (Phi) is 9.17. The Morgan fingerprint density at radius 3 is 2.83 bits per heavy atom. The van der Waals surface area contributed by atoms with Crippen LogP contribution in [-0.4, -0.2) is 70.7 Å². The fourth-order valence-corrected chi connectivity index (χ4v) is 4.18. The Morgan fingerprint density at radius 2 is 2.20 bits per heavy atom. The fourth-order valence-electron chi connectivity index (χ4n) is 3.96. The number of amides is 1. The maximum Gasteiger partial charge on any atom is 0.342 e. The molecule has 190 valence electrons. The van der Waals surface area contributed by atoms with Crippen molar-refractivity contribution in [2.45, 2.75) is 57.8 Å². The van der Waals surface area contributed by atoms with E-state index in [0.717, 1.165) is 12.5 Å². The van der Waals surface area contributed by atoms with Gasteiger partial charge in [0.2, 0.25) is 5.91 Å². The van der Waals surface area contributed by atoms with Gasteiger partial charge >= 0.3 is 5.97 Å². The highest BCUT2D eigenvalue weighted by atomic mass is 35.5. The van der Waals surface area contributed by atoms with Gasteiger partial charge in [-0.3, -0.25) is 4.79 Å². The summed E-state index contributed by atoms with van der Waals surface area (Å²) in [6.07, 6.45) is 6.33. The van der Waals surface area contributed by atoms with Crippen LogP contribution in [0.3, 0.4) is 0 Å². The molecule has 35 heavy (non-hydrogen) atoms. The molecular formula is C25H31ClN2O7. The second kappa shape index (κ2) is 12.1. The number of esters is 1. The quantitative estimate of drug-likeness (QED) is 0.110. The third-order valence-corrected chi connectivity index (χ3v) is 6.20. The van der Waals surface area contributed by atoms with E-state index in [9.17, 15) is 19.8 Å². The van der Waals surface area contributed by atoms with Crippen LogP contribution in [0.25, 0.3) is 0 Å². The number of phenolic OH excluding ortho intramolecular Hbond substituents is 2. The van der Waals surface area contributed by atoms with E-state index in [1.807, 2.05) is 0 Å². The van der Waals surface area contributed by atoms with Crippen LogP contribution in [0.1, 0.15) is 49.0 Å². The van der Waals surface area contributed by atoms with Crippen LogP contribution >= 0.6 is 11.6 Å². The summed E-state index contributed by atoms with van der Waals surface area (Å²) in [5.74, 6) is -1.52. The summed E-state index contributed by atoms with van der Waals surface area (Å²) in [6.45, 7) is 8.51. The van der Waals surface area contributed by atoms with Crippen molar-refractivity contribution in [3.05, 3.63) is 47.0 Å². The Labute approximate surface area is 209 Å². The number of carbonyl (C=O) groups excluding carboxylic acids is 2. The van der Waals surface area contributed by atoms with Crippen LogP contribution in [0, 0.1) is 0 Å². The van der Waals surface area contributed by atoms with Gasteiger partial charge in [-0.2, -0.15) is 0 Å². The van der Waals surface area contributed by atoms with E-state index in [2.05, 4.69) is 11.7 Å². The molecule has 2 heterocycles. The number of phenols is 2. The minimum Gasteiger partial charge on any atom is -0.507 e. The number of likely N-dealkylation sites (tertiary alicyclic amines) is 1. The fraction of sp³-hybridized carbons (Fsp3) is 0.480. The molecule has 1 aromatic rings. The van der Waals surface area contributed by atoms with E-state index in [1.54, 1.807) is 37.0 Å². The van der Waals surface area contributed by atoms with Gasteiger partial charge in [-0.1, -0.05) is 28.9 Å². The predicted octanol–water partition coefficient (Wildman–Crippen LogP) is 3.75. The number of hydrogen-bond acceptors (Lipinski definition) is 8. The van der Waals surface area contributed by atoms with Crippen molar-refractivity contribution in [1.82, 2.24) is 4.90 Å². The van der Waals surface area contributed by atoms with Gasteiger partial charge in [-0.15, -0.1) is 6.58 Å². The molecule has 0 aliphatic carbocycles. The average Bonchev–Trinajstić information content (AvgIpc) is 3.43. The molecule has 9 nitrogen and oxygen atoms in total. The van der Waals surface area contributed by atoms with E-state index in [4.69, 9.17) is 25.9 Å². The first-order chi connectivity index (χ1) is 16.7. The monoisotopic (exact) mass is 506 g/mol. The molecule has 2 fully saturated rings. The molecule has 0 bridgehead atoms. The van der Waals surface area contributed by atoms with E-state index >= 15 is 0 Å². The summed E-state index contributed by atoms with van der Waals surface area (Å²) < 4.78 is 10.9. The van der Waals surface area contributed by atoms with Crippen molar-refractivity contribution in [3.8, 4) is 11.5 Å². The Hall–Kier alpha value is -3.04. The van der Waals surface area contributed by atoms with Gasteiger partial charge < -0.3 is 29.4 Å². The standard InChI is InChI=1S/C25H31ClN2O7/c1-4-7-16(27-33-11-10-28-9-6-8-22(28)31)13-17-23(18(29)14-19(30)24(17)26)25(32)34-15(3)12-21-20(5-2)35-21/h4-5,7,14-15,20-21,29-30H,2,6,8-13H2,1,3H3/b7-4+,27-16-/t15-,20-,21-/m1/s1. The smallest absolute Gasteiger partial charge is 0.342 e. The van der Waals surface area contributed by atoms with Crippen LogP contribution in [0.15, 0.2) is 36.0 Å². The summed E-state index contributed by atoms with van der Waals surface area (Å²) in [4.78, 5) is 31.8. The van der Waals surface area contributed by atoms with E-state index in [0.29, 0.717) is 31.6 Å². The number of benzene rings is 1. The first-order valence-electron chi connectivity index (χ1n) is 11.6. The third-order valence-electron chi connectivity index (χ3n) is 5.77. The highest BCUT2D eigenvalue weighted by molar-refractivity contribution is 6.33. The van der Waals surface area contributed by atoms with Crippen LogP contribution < -0.4 is 0 Å². The van der Waals surface area contributed by atoms with Crippen LogP contribution in [0.4, 0.5) is 0 Å². The number of aromatic hydroxyl groups is 2. The normalized spacial score (nSPS) is 20.8. The molecule has 3 atom stereocenters. The van der Waals surface area contributed by atoms with Crippen molar-refractivity contribution >= 4 is 29.2 Å². The molecule has 2 N–H and O–H groups in total. The molecular weight excluding hydrogens is 476 g/mol.